The zero-order chi connectivity index (χ0) is 31.9. The zero-order valence-electron chi connectivity index (χ0n) is 24.3. The van der Waals surface area contributed by atoms with E-state index in [0.29, 0.717) is 34.0 Å². The fourth-order valence-corrected chi connectivity index (χ4v) is 5.91. The summed E-state index contributed by atoms with van der Waals surface area (Å²) in [6, 6.07) is 27.6. The Morgan fingerprint density at radius 3 is 2.24 bits per heavy atom. The van der Waals surface area contributed by atoms with Crippen molar-refractivity contribution in [2.24, 2.45) is 0 Å². The van der Waals surface area contributed by atoms with Gasteiger partial charge in [0.25, 0.3) is 11.8 Å². The first-order valence-corrected chi connectivity index (χ1v) is 15.4. The molecule has 0 spiro atoms. The number of rotatable bonds is 10. The van der Waals surface area contributed by atoms with Crippen molar-refractivity contribution in [2.45, 2.75) is 16.6 Å². The Morgan fingerprint density at radius 1 is 0.889 bits per heavy atom. The van der Waals surface area contributed by atoms with Crippen molar-refractivity contribution < 1.29 is 28.7 Å². The number of methoxy groups -OCH3 is 2. The Balaban J connectivity index is 1.30. The summed E-state index contributed by atoms with van der Waals surface area (Å²) in [6.07, 6.45) is 1.63. The third-order valence-electron chi connectivity index (χ3n) is 6.83. The van der Waals surface area contributed by atoms with Gasteiger partial charge in [-0.15, -0.1) is 11.8 Å². The first-order chi connectivity index (χ1) is 21.7. The average molecular weight is 687 g/mol. The Morgan fingerprint density at radius 2 is 1.58 bits per heavy atom. The highest BCUT2D eigenvalue weighted by Crippen LogP contribution is 2.35. The van der Waals surface area contributed by atoms with Gasteiger partial charge in [-0.1, -0.05) is 40.2 Å². The number of hydrogen-bond donors (Lipinski definition) is 2. The molecule has 0 bridgehead atoms. The lowest BCUT2D eigenvalue weighted by Gasteiger charge is -2.15. The number of imide groups is 1. The molecular formula is C34H28BrN3O6S. The summed E-state index contributed by atoms with van der Waals surface area (Å²) in [5, 5.41) is 4.97. The molecule has 1 unspecified atom stereocenters. The van der Waals surface area contributed by atoms with Crippen LogP contribution in [0.15, 0.2) is 112 Å². The van der Waals surface area contributed by atoms with Crippen LogP contribution in [0.3, 0.4) is 0 Å². The van der Waals surface area contributed by atoms with Crippen molar-refractivity contribution >= 4 is 68.8 Å². The Kier molecular flexibility index (Phi) is 10.0. The molecule has 0 aromatic heterocycles. The number of hydrogen-bond acceptors (Lipinski definition) is 7. The molecule has 45 heavy (non-hydrogen) atoms. The van der Waals surface area contributed by atoms with Gasteiger partial charge in [0.15, 0.2) is 11.5 Å². The van der Waals surface area contributed by atoms with E-state index in [1.165, 1.54) is 30.9 Å². The molecule has 9 nitrogen and oxygen atoms in total. The van der Waals surface area contributed by atoms with Crippen LogP contribution in [0.1, 0.15) is 22.3 Å². The van der Waals surface area contributed by atoms with Crippen LogP contribution in [0.2, 0.25) is 0 Å². The van der Waals surface area contributed by atoms with Gasteiger partial charge in [-0.25, -0.2) is 4.90 Å². The molecule has 1 fully saturated rings. The second-order valence-electron chi connectivity index (χ2n) is 9.83. The number of carbonyl (C=O) groups excluding carboxylic acids is 4. The van der Waals surface area contributed by atoms with E-state index < -0.39 is 17.1 Å². The minimum Gasteiger partial charge on any atom is -0.493 e. The van der Waals surface area contributed by atoms with Gasteiger partial charge in [0.2, 0.25) is 11.8 Å². The first kappa shape index (κ1) is 31.6. The molecule has 228 valence electrons. The predicted molar refractivity (Wildman–Crippen MR) is 177 cm³/mol. The maximum absolute atomic E-state index is 13.5. The van der Waals surface area contributed by atoms with Crippen LogP contribution in [-0.4, -0.2) is 43.1 Å². The van der Waals surface area contributed by atoms with Gasteiger partial charge >= 0.3 is 0 Å². The topological polar surface area (TPSA) is 114 Å². The normalized spacial score (nSPS) is 14.7. The van der Waals surface area contributed by atoms with Crippen molar-refractivity contribution in [3.05, 3.63) is 118 Å². The largest absolute Gasteiger partial charge is 0.493 e. The van der Waals surface area contributed by atoms with Crippen LogP contribution in [0, 0.1) is 0 Å². The number of anilines is 2. The van der Waals surface area contributed by atoms with E-state index >= 15 is 0 Å². The summed E-state index contributed by atoms with van der Waals surface area (Å²) in [4.78, 5) is 54.1. The molecule has 1 saturated heterocycles. The fourth-order valence-electron chi connectivity index (χ4n) is 4.59. The maximum atomic E-state index is 13.5. The van der Waals surface area contributed by atoms with E-state index in [9.17, 15) is 19.2 Å². The third kappa shape index (κ3) is 7.62. The molecule has 1 atom stereocenters. The zero-order valence-corrected chi connectivity index (χ0v) is 26.7. The number of amides is 4. The van der Waals surface area contributed by atoms with Crippen molar-refractivity contribution in [1.82, 2.24) is 5.32 Å². The molecule has 4 aromatic rings. The van der Waals surface area contributed by atoms with E-state index in [1.807, 2.05) is 0 Å². The summed E-state index contributed by atoms with van der Waals surface area (Å²) < 4.78 is 11.5. The standard InChI is InChI=1S/C34H28BrN3O6S/c1-43-28-17-8-21(19-29(28)44-2)18-27(37-32(40)22-6-4-3-5-7-22)33(41)36-24-11-15-26(16-12-24)45-30-20-31(39)38(34(30)42)25-13-9-23(35)10-14-25/h3-19,30H,20H2,1-2H3,(H,36,41)(H,37,40)/b27-18-. The number of halogens is 1. The first-order valence-electron chi connectivity index (χ1n) is 13.8. The second-order valence-corrected chi connectivity index (χ2v) is 12.0. The molecule has 1 heterocycles. The van der Waals surface area contributed by atoms with Crippen molar-refractivity contribution in [1.29, 1.82) is 0 Å². The fraction of sp³-hybridized carbons (Fsp3) is 0.118. The van der Waals surface area contributed by atoms with E-state index in [-0.39, 0.29) is 23.9 Å². The average Bonchev–Trinajstić information content (AvgIpc) is 3.33. The minimum atomic E-state index is -0.564. The van der Waals surface area contributed by atoms with E-state index in [1.54, 1.807) is 103 Å². The Bertz CT molecular complexity index is 1760. The van der Waals surface area contributed by atoms with Gasteiger partial charge in [0, 0.05) is 27.0 Å². The lowest BCUT2D eigenvalue weighted by Crippen LogP contribution is -2.31. The molecule has 11 heteroatoms. The predicted octanol–water partition coefficient (Wildman–Crippen LogP) is 6.30. The number of nitrogens with one attached hydrogen (secondary N) is 2. The number of ether oxygens (including phenoxy) is 2. The smallest absolute Gasteiger partial charge is 0.272 e. The van der Waals surface area contributed by atoms with Crippen LogP contribution >= 0.6 is 27.7 Å². The number of carbonyl (C=O) groups is 4. The molecule has 1 aliphatic heterocycles. The Hall–Kier alpha value is -4.87. The number of nitrogens with zero attached hydrogens (tertiary/aromatic N) is 1. The molecular weight excluding hydrogens is 658 g/mol. The third-order valence-corrected chi connectivity index (χ3v) is 8.55. The summed E-state index contributed by atoms with van der Waals surface area (Å²) in [7, 11) is 3.04. The lowest BCUT2D eigenvalue weighted by molar-refractivity contribution is -0.121. The quantitative estimate of drug-likeness (QED) is 0.149. The highest BCUT2D eigenvalue weighted by Gasteiger charge is 2.40. The van der Waals surface area contributed by atoms with Crippen LogP contribution in [0.4, 0.5) is 11.4 Å². The van der Waals surface area contributed by atoms with Crippen molar-refractivity contribution in [3.63, 3.8) is 0 Å². The number of thioether (sulfide) groups is 1. The van der Waals surface area contributed by atoms with Crippen LogP contribution < -0.4 is 25.0 Å². The van der Waals surface area contributed by atoms with Crippen molar-refractivity contribution in [2.75, 3.05) is 24.4 Å². The molecule has 2 N–H and O–H groups in total. The van der Waals surface area contributed by atoms with Gasteiger partial charge in [-0.3, -0.25) is 19.2 Å². The highest BCUT2D eigenvalue weighted by molar-refractivity contribution is 9.10. The SMILES string of the molecule is COc1ccc(/C=C(\NC(=O)c2ccccc2)C(=O)Nc2ccc(SC3CC(=O)N(c4ccc(Br)cc4)C3=O)cc2)cc1OC. The van der Waals surface area contributed by atoms with Gasteiger partial charge in [-0.2, -0.15) is 0 Å². The second kappa shape index (κ2) is 14.3. The summed E-state index contributed by atoms with van der Waals surface area (Å²) in [6.45, 7) is 0. The summed E-state index contributed by atoms with van der Waals surface area (Å²) in [5.74, 6) is -0.528. The number of benzene rings is 4. The molecule has 1 aliphatic rings. The van der Waals surface area contributed by atoms with E-state index in [4.69, 9.17) is 9.47 Å². The van der Waals surface area contributed by atoms with E-state index in [2.05, 4.69) is 26.6 Å². The van der Waals surface area contributed by atoms with Gasteiger partial charge in [0.05, 0.1) is 25.2 Å². The minimum absolute atomic E-state index is 0.0117. The summed E-state index contributed by atoms with van der Waals surface area (Å²) in [5.41, 5.74) is 2.01. The molecule has 0 saturated carbocycles. The molecule has 0 radical (unpaired) electrons. The lowest BCUT2D eigenvalue weighted by atomic mass is 10.1. The van der Waals surface area contributed by atoms with Gasteiger partial charge < -0.3 is 20.1 Å². The van der Waals surface area contributed by atoms with Crippen LogP contribution in [0.25, 0.3) is 6.08 Å². The maximum Gasteiger partial charge on any atom is 0.272 e. The van der Waals surface area contributed by atoms with Gasteiger partial charge in [-0.05, 0) is 84.4 Å². The molecule has 5 rings (SSSR count). The van der Waals surface area contributed by atoms with E-state index in [0.717, 1.165) is 9.37 Å². The molecule has 4 amide bonds. The monoisotopic (exact) mass is 685 g/mol. The highest BCUT2D eigenvalue weighted by atomic mass is 79.9. The summed E-state index contributed by atoms with van der Waals surface area (Å²) >= 11 is 4.65. The van der Waals surface area contributed by atoms with Crippen LogP contribution in [0.5, 0.6) is 11.5 Å². The van der Waals surface area contributed by atoms with Gasteiger partial charge in [0.1, 0.15) is 5.70 Å². The van der Waals surface area contributed by atoms with Crippen LogP contribution in [-0.2, 0) is 14.4 Å². The molecule has 0 aliphatic carbocycles. The Labute approximate surface area is 272 Å². The molecule has 4 aromatic carbocycles. The van der Waals surface area contributed by atoms with Crippen molar-refractivity contribution in [3.8, 4) is 11.5 Å².